The van der Waals surface area contributed by atoms with E-state index in [9.17, 15) is 102 Å². The van der Waals surface area contributed by atoms with Crippen LogP contribution in [0.4, 0.5) is 0 Å². The van der Waals surface area contributed by atoms with Gasteiger partial charge in [-0.2, -0.15) is 25.3 Å². The lowest BCUT2D eigenvalue weighted by Gasteiger charge is -2.32. The second-order valence-corrected chi connectivity index (χ2v) is 32.1. The summed E-state index contributed by atoms with van der Waals surface area (Å²) in [5.74, 6) is -18.0. The third-order valence-corrected chi connectivity index (χ3v) is 21.9. The van der Waals surface area contributed by atoms with Gasteiger partial charge < -0.3 is 149 Å². The molecule has 2 fully saturated rings. The molecule has 47 nitrogen and oxygen atoms in total. The number of hydrogen-bond acceptors (Lipinski definition) is 27. The maximum absolute atomic E-state index is 14.3. The highest BCUT2D eigenvalue weighted by molar-refractivity contribution is 7.80. The quantitative estimate of drug-likeness (QED) is 0.0108. The van der Waals surface area contributed by atoms with Gasteiger partial charge >= 0.3 is 5.97 Å². The number of rotatable bonds is 56. The van der Waals surface area contributed by atoms with Crippen LogP contribution in [-0.4, -0.2) is 308 Å². The number of primary amides is 1. The smallest absolute Gasteiger partial charge is 0.326 e. The Morgan fingerprint density at radius 2 is 0.953 bits per heavy atom. The lowest BCUT2D eigenvalue weighted by molar-refractivity contribution is -0.147. The largest absolute Gasteiger partial charge is 0.508 e. The zero-order chi connectivity index (χ0) is 95.7. The predicted molar refractivity (Wildman–Crippen MR) is 475 cm³/mol. The summed E-state index contributed by atoms with van der Waals surface area (Å²) in [5.41, 5.74) is 35.3. The number of para-hydroxylation sites is 1. The number of likely N-dealkylation sites (tertiary alicyclic amines) is 2. The number of aromatic amines is 1. The number of aromatic nitrogens is 1. The lowest BCUT2D eigenvalue weighted by Crippen LogP contribution is -2.61. The molecule has 0 aliphatic carbocycles. The van der Waals surface area contributed by atoms with Crippen LogP contribution in [-0.2, 0) is 94.3 Å². The van der Waals surface area contributed by atoms with Crippen LogP contribution in [0.2, 0.25) is 0 Å². The molecule has 34 N–H and O–H groups in total. The molecular weight excluding hydrogens is 1730 g/mol. The number of guanidine groups is 2. The van der Waals surface area contributed by atoms with Crippen LogP contribution in [0.15, 0.2) is 54.7 Å². The van der Waals surface area contributed by atoms with E-state index in [-0.39, 0.29) is 114 Å². The Morgan fingerprint density at radius 1 is 0.488 bits per heavy atom. The van der Waals surface area contributed by atoms with Crippen LogP contribution in [0.25, 0.3) is 10.9 Å². The molecule has 16 amide bonds. The first-order valence-electron chi connectivity index (χ1n) is 42.4. The topological polar surface area (TPSA) is 778 Å². The van der Waals surface area contributed by atoms with E-state index in [1.807, 2.05) is 0 Å². The fourth-order valence-electron chi connectivity index (χ4n) is 14.1. The van der Waals surface area contributed by atoms with Crippen LogP contribution in [0.1, 0.15) is 135 Å². The first kappa shape index (κ1) is 107. The van der Waals surface area contributed by atoms with Gasteiger partial charge in [-0.15, -0.1) is 0 Å². The number of phenolic OH excluding ortho intramolecular Hbond substituents is 1. The maximum atomic E-state index is 14.3. The molecule has 0 saturated carbocycles. The number of thiol groups is 2. The minimum atomic E-state index is -1.89. The van der Waals surface area contributed by atoms with Gasteiger partial charge in [-0.05, 0) is 159 Å². The van der Waals surface area contributed by atoms with Crippen LogP contribution < -0.4 is 114 Å². The van der Waals surface area contributed by atoms with Crippen LogP contribution in [0.3, 0.4) is 0 Å². The number of aliphatic hydroxyl groups is 2. The standard InChI is InChI=1S/C80H126N26O21S2/c1-41(94-72(120)56(39-128)101-69(117)51(18-7-9-29-82)98-74(122)58-20-12-33-106(58)77(125)59-21-13-32-105(59)62(112)38-93-66(114)48(83)15-10-30-89-79(85)86)65(113)103-63(42(2)107)75(123)99-54(34-44-22-24-46(109)25-23-44)67(115)92-37-61(111)95-53(26-27-60(84)110)70(118)96-50(17-6-8-28-81)68(116)102-57(40-129)73(121)97-52(19-11-31-90-80(87)88)71(119)104-64(43(3)108)76(124)100-55(78(126)127)35-45-36-91-49-16-5-4-14-47(45)49/h4-5,14,16,22-25,36,41-43,48,50-59,63-64,91,107-109,128-129H,6-13,15,17-21,26-35,37-40,81-83H2,1-3H3,(H2,84,110)(H,92,115)(H,93,114)(H,94,120)(H,95,111)(H,96,118)(H,97,121)(H,98,122)(H,99,123)(H,100,124)(H,101,117)(H,102,116)(H,103,113)(H,104,119)(H,126,127)(H4,85,86,89)(H4,87,88,90)/t41-,42+,43+,48-,50-,51-,52-,53-,54-,55-,56-,57-,58-,59-,63-,64-/m0/s1. The number of carboxylic acid groups (broad SMARTS) is 1. The molecule has 2 saturated heterocycles. The second kappa shape index (κ2) is 54.9. The monoisotopic (exact) mass is 1850 g/mol. The van der Waals surface area contributed by atoms with Crippen molar-refractivity contribution < 1.29 is 102 Å². The molecule has 0 bridgehead atoms. The van der Waals surface area contributed by atoms with Gasteiger partial charge in [0.15, 0.2) is 11.9 Å². The number of nitrogens with two attached hydrogens (primary N) is 6. The average Bonchev–Trinajstić information content (AvgIpc) is 1.67. The number of carbonyl (C=O) groups is 17. The van der Waals surface area contributed by atoms with Gasteiger partial charge in [0.2, 0.25) is 94.5 Å². The molecule has 16 atom stereocenters. The third kappa shape index (κ3) is 35.8. The molecular formula is C80H126N26O21S2. The van der Waals surface area contributed by atoms with E-state index in [0.29, 0.717) is 67.1 Å². The number of amides is 16. The first-order valence-corrected chi connectivity index (χ1v) is 43.7. The molecule has 2 aliphatic rings. The Hall–Kier alpha value is -12.2. The number of benzene rings is 2. The van der Waals surface area contributed by atoms with Gasteiger partial charge in [0.05, 0.1) is 31.3 Å². The summed E-state index contributed by atoms with van der Waals surface area (Å²) < 4.78 is 0. The molecule has 3 aromatic rings. The van der Waals surface area contributed by atoms with Gasteiger partial charge in [-0.25, -0.2) is 4.79 Å². The molecule has 0 spiro atoms. The summed E-state index contributed by atoms with van der Waals surface area (Å²) in [4.78, 5) is 240. The van der Waals surface area contributed by atoms with E-state index in [4.69, 9.17) is 45.2 Å². The number of H-pyrrole nitrogens is 1. The Bertz CT molecular complexity index is 4380. The SMILES string of the molecule is C[C@H](NC(=O)[C@H](CS)NC(=O)[C@H](CCCCN)NC(=O)[C@@H]1CCCN1C(=O)[C@@H]1CCCN1C(=O)CNC(=O)[C@@H](N)CCCNC(=N)N)C(=O)N[C@H](C(=O)N[C@@H](Cc1ccc(O)cc1)C(=O)NCC(=O)N[C@@H](CCC(N)=O)C(=O)N[C@@H](CCCCN)C(=O)N[C@@H](CS)C(=O)N[C@@H](CCCNC(=N)N)C(=O)N[C@H](C(=O)N[C@@H](Cc1c[nH]c2ccccc12)C(=O)O)[C@@H](C)O)[C@@H](C)O. The summed E-state index contributed by atoms with van der Waals surface area (Å²) in [6.07, 6.45) is -0.596. The van der Waals surface area contributed by atoms with E-state index in [2.05, 4.69) is 110 Å². The number of carboxylic acids is 1. The van der Waals surface area contributed by atoms with Gasteiger partial charge in [-0.3, -0.25) is 87.5 Å². The number of phenols is 1. The van der Waals surface area contributed by atoms with Crippen LogP contribution in [0, 0.1) is 10.8 Å². The van der Waals surface area contributed by atoms with Crippen molar-refractivity contribution in [3.8, 4) is 5.75 Å². The van der Waals surface area contributed by atoms with Crippen molar-refractivity contribution in [2.75, 3.05) is 63.9 Å². The molecule has 714 valence electrons. The van der Waals surface area contributed by atoms with Crippen molar-refractivity contribution in [2.24, 2.45) is 34.4 Å². The summed E-state index contributed by atoms with van der Waals surface area (Å²) in [7, 11) is 0. The number of aliphatic hydroxyl groups excluding tert-OH is 2. The number of aliphatic carboxylic acids is 1. The van der Waals surface area contributed by atoms with Gasteiger partial charge in [0, 0.05) is 74.0 Å². The van der Waals surface area contributed by atoms with Crippen molar-refractivity contribution >= 4 is 149 Å². The highest BCUT2D eigenvalue weighted by Gasteiger charge is 2.44. The van der Waals surface area contributed by atoms with E-state index in [0.717, 1.165) is 13.8 Å². The lowest BCUT2D eigenvalue weighted by atomic mass is 10.0. The molecule has 5 rings (SSSR count). The van der Waals surface area contributed by atoms with Crippen molar-refractivity contribution in [1.82, 2.24) is 94.5 Å². The molecule has 49 heteroatoms. The number of fused-ring (bicyclic) bond motifs is 1. The zero-order valence-corrected chi connectivity index (χ0v) is 74.0. The van der Waals surface area contributed by atoms with E-state index in [1.165, 1.54) is 41.0 Å². The fraction of sp³-hybridized carbons (Fsp3) is 0.588. The van der Waals surface area contributed by atoms with Gasteiger partial charge in [-0.1, -0.05) is 30.3 Å². The van der Waals surface area contributed by atoms with Crippen molar-refractivity contribution in [2.45, 2.75) is 233 Å². The summed E-state index contributed by atoms with van der Waals surface area (Å²) in [6, 6.07) is -8.31. The Labute approximate surface area is 755 Å². The highest BCUT2D eigenvalue weighted by atomic mass is 32.1. The first-order chi connectivity index (χ1) is 61.2. The number of nitrogens with zero attached hydrogens (tertiary/aromatic N) is 2. The zero-order valence-electron chi connectivity index (χ0n) is 72.2. The summed E-state index contributed by atoms with van der Waals surface area (Å²) in [6.45, 7) is 3.04. The molecule has 2 aromatic carbocycles. The number of aromatic hydroxyl groups is 1. The maximum Gasteiger partial charge on any atom is 0.326 e. The van der Waals surface area contributed by atoms with Gasteiger partial charge in [0.25, 0.3) is 0 Å². The number of unbranched alkanes of at least 4 members (excludes halogenated alkanes) is 2. The molecule has 1 aromatic heterocycles. The average molecular weight is 1850 g/mol. The summed E-state index contributed by atoms with van der Waals surface area (Å²) >= 11 is 8.55. The van der Waals surface area contributed by atoms with Crippen LogP contribution >= 0.6 is 25.3 Å². The Balaban J connectivity index is 1.23. The van der Waals surface area contributed by atoms with E-state index < -0.39 is 235 Å². The molecule has 3 heterocycles. The number of carbonyl (C=O) groups excluding carboxylic acids is 16. The molecule has 129 heavy (non-hydrogen) atoms. The fourth-order valence-corrected chi connectivity index (χ4v) is 14.6. The predicted octanol–water partition coefficient (Wildman–Crippen LogP) is -8.69. The van der Waals surface area contributed by atoms with Crippen LogP contribution in [0.5, 0.6) is 5.75 Å². The minimum Gasteiger partial charge on any atom is -0.508 e. The second-order valence-electron chi connectivity index (χ2n) is 31.4. The normalized spacial score (nSPS) is 16.8. The Morgan fingerprint density at radius 3 is 1.49 bits per heavy atom. The summed E-state index contributed by atoms with van der Waals surface area (Å²) in [5, 5.41) is 94.6. The van der Waals surface area contributed by atoms with Crippen molar-refractivity contribution in [3.63, 3.8) is 0 Å². The molecule has 0 radical (unpaired) electrons. The van der Waals surface area contributed by atoms with E-state index >= 15 is 0 Å². The number of nitrogens with one attached hydrogen (secondary N) is 18. The Kier molecular flexibility index (Phi) is 45.6. The third-order valence-electron chi connectivity index (χ3n) is 21.2. The van der Waals surface area contributed by atoms with E-state index in [1.54, 1.807) is 30.5 Å². The number of hydrogen-bond donors (Lipinski definition) is 30. The molecule has 0 unspecified atom stereocenters. The van der Waals surface area contributed by atoms with Gasteiger partial charge in [0.1, 0.15) is 84.3 Å². The molecule has 2 aliphatic heterocycles. The highest BCUT2D eigenvalue weighted by Crippen LogP contribution is 2.27. The minimum absolute atomic E-state index is 0.00708. The van der Waals surface area contributed by atoms with Crippen molar-refractivity contribution in [3.05, 3.63) is 65.9 Å². The van der Waals surface area contributed by atoms with Crippen molar-refractivity contribution in [1.29, 1.82) is 10.8 Å².